The summed E-state index contributed by atoms with van der Waals surface area (Å²) in [5, 5.41) is 9.41. The molecule has 0 aliphatic heterocycles. The highest BCUT2D eigenvalue weighted by Gasteiger charge is 2.19. The van der Waals surface area contributed by atoms with Gasteiger partial charge in [-0.05, 0) is 36.2 Å². The predicted octanol–water partition coefficient (Wildman–Crippen LogP) is 2.33. The van der Waals surface area contributed by atoms with Crippen molar-refractivity contribution in [3.63, 3.8) is 0 Å². The molecule has 0 spiro atoms. The summed E-state index contributed by atoms with van der Waals surface area (Å²) in [5.41, 5.74) is 0.968. The number of hydrogen-bond donors (Lipinski definition) is 2. The van der Waals surface area contributed by atoms with Gasteiger partial charge < -0.3 is 5.11 Å². The van der Waals surface area contributed by atoms with Gasteiger partial charge in [0.15, 0.2) is 0 Å². The minimum Gasteiger partial charge on any atom is -0.395 e. The van der Waals surface area contributed by atoms with Gasteiger partial charge >= 0.3 is 0 Å². The standard InChI is InChI=1S/C15H16BrNO3S/c16-13-6-8-15(9-7-13)21(19,20)17-14(11-18)10-12-4-2-1-3-5-12/h1-9,14,17-18H,10-11H2/t14-/m0/s1. The van der Waals surface area contributed by atoms with E-state index < -0.39 is 16.1 Å². The highest BCUT2D eigenvalue weighted by Crippen LogP contribution is 2.15. The summed E-state index contributed by atoms with van der Waals surface area (Å²) in [4.78, 5) is 0.178. The molecule has 0 saturated carbocycles. The Bertz CT molecular complexity index is 672. The summed E-state index contributed by atoms with van der Waals surface area (Å²) < 4.78 is 27.9. The molecule has 0 radical (unpaired) electrons. The Morgan fingerprint density at radius 2 is 1.67 bits per heavy atom. The van der Waals surface area contributed by atoms with Crippen LogP contribution in [0.1, 0.15) is 5.56 Å². The van der Waals surface area contributed by atoms with E-state index in [1.54, 1.807) is 12.1 Å². The van der Waals surface area contributed by atoms with E-state index in [1.165, 1.54) is 12.1 Å². The average Bonchev–Trinajstić information content (AvgIpc) is 2.48. The van der Waals surface area contributed by atoms with Crippen molar-refractivity contribution in [2.45, 2.75) is 17.4 Å². The second-order valence-corrected chi connectivity index (χ2v) is 7.27. The van der Waals surface area contributed by atoms with Crippen LogP contribution in [-0.2, 0) is 16.4 Å². The van der Waals surface area contributed by atoms with Crippen molar-refractivity contribution in [1.29, 1.82) is 0 Å². The lowest BCUT2D eigenvalue weighted by molar-refractivity contribution is 0.256. The predicted molar refractivity (Wildman–Crippen MR) is 85.5 cm³/mol. The van der Waals surface area contributed by atoms with Gasteiger partial charge in [0, 0.05) is 10.5 Å². The maximum Gasteiger partial charge on any atom is 0.240 e. The first kappa shape index (κ1) is 16.2. The van der Waals surface area contributed by atoms with E-state index in [9.17, 15) is 13.5 Å². The molecule has 6 heteroatoms. The number of aliphatic hydroxyl groups excluding tert-OH is 1. The molecule has 0 saturated heterocycles. The fourth-order valence-corrected chi connectivity index (χ4v) is 3.43. The fourth-order valence-electron chi connectivity index (χ4n) is 1.94. The molecule has 0 aliphatic carbocycles. The van der Waals surface area contributed by atoms with Crippen molar-refractivity contribution in [3.8, 4) is 0 Å². The van der Waals surface area contributed by atoms with Crippen LogP contribution in [0.5, 0.6) is 0 Å². The lowest BCUT2D eigenvalue weighted by atomic mass is 10.1. The van der Waals surface area contributed by atoms with Gasteiger partial charge in [-0.25, -0.2) is 13.1 Å². The maximum absolute atomic E-state index is 12.3. The van der Waals surface area contributed by atoms with Gasteiger partial charge in [-0.15, -0.1) is 0 Å². The largest absolute Gasteiger partial charge is 0.395 e. The van der Waals surface area contributed by atoms with Crippen LogP contribution in [0, 0.1) is 0 Å². The molecule has 2 N–H and O–H groups in total. The van der Waals surface area contributed by atoms with E-state index in [-0.39, 0.29) is 11.5 Å². The number of hydrogen-bond acceptors (Lipinski definition) is 3. The van der Waals surface area contributed by atoms with Crippen LogP contribution < -0.4 is 4.72 Å². The molecule has 112 valence electrons. The van der Waals surface area contributed by atoms with Gasteiger partial charge in [0.05, 0.1) is 11.5 Å². The smallest absolute Gasteiger partial charge is 0.240 e. The lowest BCUT2D eigenvalue weighted by Gasteiger charge is -2.16. The fraction of sp³-hybridized carbons (Fsp3) is 0.200. The first-order valence-electron chi connectivity index (χ1n) is 6.44. The van der Waals surface area contributed by atoms with Crippen LogP contribution >= 0.6 is 15.9 Å². The van der Waals surface area contributed by atoms with Gasteiger partial charge in [0.1, 0.15) is 0 Å². The van der Waals surface area contributed by atoms with E-state index in [0.29, 0.717) is 6.42 Å². The Morgan fingerprint density at radius 3 is 2.24 bits per heavy atom. The Kier molecular flexibility index (Phi) is 5.52. The molecule has 1 atom stereocenters. The monoisotopic (exact) mass is 369 g/mol. The zero-order valence-electron chi connectivity index (χ0n) is 11.2. The van der Waals surface area contributed by atoms with Crippen LogP contribution in [0.3, 0.4) is 0 Å². The van der Waals surface area contributed by atoms with E-state index in [0.717, 1.165) is 10.0 Å². The lowest BCUT2D eigenvalue weighted by Crippen LogP contribution is -2.39. The molecule has 0 heterocycles. The second-order valence-electron chi connectivity index (χ2n) is 4.64. The first-order valence-corrected chi connectivity index (χ1v) is 8.71. The molecule has 2 rings (SSSR count). The van der Waals surface area contributed by atoms with Crippen molar-refractivity contribution < 1.29 is 13.5 Å². The summed E-state index contributed by atoms with van der Waals surface area (Å²) in [6.45, 7) is -0.259. The van der Waals surface area contributed by atoms with Crippen LogP contribution in [0.4, 0.5) is 0 Å². The quantitative estimate of drug-likeness (QED) is 0.820. The van der Waals surface area contributed by atoms with Crippen molar-refractivity contribution in [3.05, 3.63) is 64.6 Å². The SMILES string of the molecule is O=S(=O)(N[C@H](CO)Cc1ccccc1)c1ccc(Br)cc1. The number of sulfonamides is 1. The molecule has 0 amide bonds. The zero-order valence-corrected chi connectivity index (χ0v) is 13.6. The highest BCUT2D eigenvalue weighted by molar-refractivity contribution is 9.10. The van der Waals surface area contributed by atoms with Crippen molar-refractivity contribution in [2.24, 2.45) is 0 Å². The molecule has 0 fully saturated rings. The highest BCUT2D eigenvalue weighted by atomic mass is 79.9. The van der Waals surface area contributed by atoms with Crippen molar-refractivity contribution in [2.75, 3.05) is 6.61 Å². The Balaban J connectivity index is 2.12. The Morgan fingerprint density at radius 1 is 1.05 bits per heavy atom. The summed E-state index contributed by atoms with van der Waals surface area (Å²) >= 11 is 3.27. The van der Waals surface area contributed by atoms with Crippen LogP contribution in [0.15, 0.2) is 64.0 Å². The number of rotatable bonds is 6. The summed E-state index contributed by atoms with van der Waals surface area (Å²) in [5.74, 6) is 0. The molecule has 2 aromatic rings. The third-order valence-electron chi connectivity index (χ3n) is 2.99. The average molecular weight is 370 g/mol. The third-order valence-corrected chi connectivity index (χ3v) is 5.06. The van der Waals surface area contributed by atoms with Crippen molar-refractivity contribution in [1.82, 2.24) is 4.72 Å². The first-order chi connectivity index (χ1) is 10.0. The number of aliphatic hydroxyl groups is 1. The van der Waals surface area contributed by atoms with Gasteiger partial charge in [-0.3, -0.25) is 0 Å². The van der Waals surface area contributed by atoms with Gasteiger partial charge in [-0.2, -0.15) is 0 Å². The van der Waals surface area contributed by atoms with E-state index in [2.05, 4.69) is 20.7 Å². The van der Waals surface area contributed by atoms with Crippen molar-refractivity contribution >= 4 is 26.0 Å². The normalized spacial score (nSPS) is 13.0. The molecular weight excluding hydrogens is 354 g/mol. The summed E-state index contributed by atoms with van der Waals surface area (Å²) in [7, 11) is -3.64. The Hall–Kier alpha value is -1.21. The molecular formula is C15H16BrNO3S. The van der Waals surface area contributed by atoms with Crippen LogP contribution in [0.2, 0.25) is 0 Å². The minimum atomic E-state index is -3.64. The summed E-state index contributed by atoms with van der Waals surface area (Å²) in [6.07, 6.45) is 0.438. The van der Waals surface area contributed by atoms with Crippen LogP contribution in [0.25, 0.3) is 0 Å². The number of nitrogens with one attached hydrogen (secondary N) is 1. The topological polar surface area (TPSA) is 66.4 Å². The molecule has 0 aromatic heterocycles. The maximum atomic E-state index is 12.3. The third kappa shape index (κ3) is 4.64. The second kappa shape index (κ2) is 7.17. The van der Waals surface area contributed by atoms with E-state index >= 15 is 0 Å². The molecule has 21 heavy (non-hydrogen) atoms. The van der Waals surface area contributed by atoms with E-state index in [1.807, 2.05) is 30.3 Å². The molecule has 0 bridgehead atoms. The molecule has 0 aliphatic rings. The Labute approximate surface area is 133 Å². The molecule has 2 aromatic carbocycles. The minimum absolute atomic E-state index is 0.178. The molecule has 4 nitrogen and oxygen atoms in total. The molecule has 0 unspecified atom stereocenters. The number of benzene rings is 2. The number of halogens is 1. The van der Waals surface area contributed by atoms with Gasteiger partial charge in [0.2, 0.25) is 10.0 Å². The van der Waals surface area contributed by atoms with E-state index in [4.69, 9.17) is 0 Å². The summed E-state index contributed by atoms with van der Waals surface area (Å²) in [6, 6.07) is 15.3. The van der Waals surface area contributed by atoms with Gasteiger partial charge in [0.25, 0.3) is 0 Å². The zero-order chi connectivity index (χ0) is 15.3. The van der Waals surface area contributed by atoms with Gasteiger partial charge in [-0.1, -0.05) is 46.3 Å². The van der Waals surface area contributed by atoms with Crippen LogP contribution in [-0.4, -0.2) is 26.2 Å².